The highest BCUT2D eigenvalue weighted by atomic mass is 31.2. The maximum absolute atomic E-state index is 12.3. The molecule has 2 unspecified atom stereocenters. The molecule has 4 N–H and O–H groups in total. The zero-order valence-corrected chi connectivity index (χ0v) is 15.8. The second-order valence-electron chi connectivity index (χ2n) is 6.38. The number of hydrogen-bond donors (Lipinski definition) is 4. The molecule has 0 aromatic heterocycles. The van der Waals surface area contributed by atoms with Crippen LogP contribution in [0.1, 0.15) is 25.1 Å². The van der Waals surface area contributed by atoms with Crippen LogP contribution in [-0.2, 0) is 14.2 Å². The summed E-state index contributed by atoms with van der Waals surface area (Å²) in [6, 6.07) is 15.0. The monoisotopic (exact) mass is 391 g/mol. The van der Waals surface area contributed by atoms with E-state index in [2.05, 4.69) is 5.32 Å². The highest BCUT2D eigenvalue weighted by Crippen LogP contribution is 2.55. The van der Waals surface area contributed by atoms with Crippen molar-refractivity contribution < 1.29 is 29.0 Å². The molecule has 8 heteroatoms. The standard InChI is InChI=1S/C19H22NO6P/c1-12(18(21)20-13(2)19(22)23)17(27(24,25)26)16-10-8-15(9-11-16)14-6-4-3-5-7-14/h3-13,17H,1-2H3,(H,20,21)(H,22,23)(H2,24,25,26)/t12?,13-,17?/m0/s1. The summed E-state index contributed by atoms with van der Waals surface area (Å²) in [5.41, 5.74) is 0.773. The highest BCUT2D eigenvalue weighted by Gasteiger charge is 2.39. The third-order valence-electron chi connectivity index (χ3n) is 4.34. The molecule has 7 nitrogen and oxygen atoms in total. The molecule has 0 saturated carbocycles. The second-order valence-corrected chi connectivity index (χ2v) is 8.11. The van der Waals surface area contributed by atoms with Gasteiger partial charge in [0.15, 0.2) is 0 Å². The summed E-state index contributed by atoms with van der Waals surface area (Å²) in [5, 5.41) is 11.2. The number of amides is 1. The number of carbonyl (C=O) groups excluding carboxylic acids is 1. The Hall–Kier alpha value is -2.47. The molecule has 1 amide bonds. The summed E-state index contributed by atoms with van der Waals surface area (Å²) >= 11 is 0. The zero-order chi connectivity index (χ0) is 20.2. The summed E-state index contributed by atoms with van der Waals surface area (Å²) in [7, 11) is -4.67. The van der Waals surface area contributed by atoms with Crippen LogP contribution in [0.4, 0.5) is 0 Å². The minimum atomic E-state index is -4.67. The largest absolute Gasteiger partial charge is 0.480 e. The third-order valence-corrected chi connectivity index (χ3v) is 5.81. The number of nitrogens with one attached hydrogen (secondary N) is 1. The van der Waals surface area contributed by atoms with Gasteiger partial charge in [0.2, 0.25) is 5.91 Å². The van der Waals surface area contributed by atoms with E-state index in [1.54, 1.807) is 24.3 Å². The molecule has 0 radical (unpaired) electrons. The number of benzene rings is 2. The first kappa shape index (κ1) is 20.8. The number of aliphatic carboxylic acids is 1. The van der Waals surface area contributed by atoms with Gasteiger partial charge in [-0.3, -0.25) is 14.2 Å². The van der Waals surface area contributed by atoms with Crippen LogP contribution >= 0.6 is 7.60 Å². The molecule has 2 aromatic rings. The summed E-state index contributed by atoms with van der Waals surface area (Å²) in [4.78, 5) is 42.8. The molecular weight excluding hydrogens is 369 g/mol. The van der Waals surface area contributed by atoms with E-state index in [0.717, 1.165) is 11.1 Å². The van der Waals surface area contributed by atoms with E-state index in [0.29, 0.717) is 5.56 Å². The summed E-state index contributed by atoms with van der Waals surface area (Å²) < 4.78 is 12.1. The minimum absolute atomic E-state index is 0.314. The lowest BCUT2D eigenvalue weighted by atomic mass is 9.96. The molecule has 2 rings (SSSR count). The SMILES string of the molecule is CC(C(=O)N[C@@H](C)C(=O)O)C(c1ccc(-c2ccccc2)cc1)P(=O)(O)O. The van der Waals surface area contributed by atoms with Crippen LogP contribution in [0.2, 0.25) is 0 Å². The first-order valence-corrected chi connectivity index (χ1v) is 10.0. The normalized spacial score (nSPS) is 14.8. The molecule has 0 saturated heterocycles. The maximum Gasteiger partial charge on any atom is 0.333 e. The van der Waals surface area contributed by atoms with Gasteiger partial charge in [-0.05, 0) is 23.6 Å². The Kier molecular flexibility index (Phi) is 6.54. The Morgan fingerprint density at radius 3 is 1.93 bits per heavy atom. The maximum atomic E-state index is 12.3. The molecule has 0 aliphatic rings. The molecule has 0 fully saturated rings. The predicted octanol–water partition coefficient (Wildman–Crippen LogP) is 2.80. The molecular formula is C19H22NO6P. The van der Waals surface area contributed by atoms with Crippen molar-refractivity contribution in [1.29, 1.82) is 0 Å². The molecule has 2 aromatic carbocycles. The van der Waals surface area contributed by atoms with Crippen molar-refractivity contribution >= 4 is 19.5 Å². The van der Waals surface area contributed by atoms with Crippen LogP contribution in [0, 0.1) is 5.92 Å². The molecule has 0 bridgehead atoms. The Labute approximate surface area is 157 Å². The first-order valence-electron chi connectivity index (χ1n) is 8.35. The van der Waals surface area contributed by atoms with E-state index in [4.69, 9.17) is 5.11 Å². The van der Waals surface area contributed by atoms with E-state index >= 15 is 0 Å². The molecule has 3 atom stereocenters. The Morgan fingerprint density at radius 1 is 0.926 bits per heavy atom. The van der Waals surface area contributed by atoms with Gasteiger partial charge in [-0.25, -0.2) is 0 Å². The van der Waals surface area contributed by atoms with Gasteiger partial charge in [-0.15, -0.1) is 0 Å². The van der Waals surface area contributed by atoms with E-state index in [1.807, 2.05) is 30.3 Å². The van der Waals surface area contributed by atoms with E-state index < -0.39 is 37.1 Å². The molecule has 0 heterocycles. The average molecular weight is 391 g/mol. The zero-order valence-electron chi connectivity index (χ0n) is 14.9. The van der Waals surface area contributed by atoms with Crippen molar-refractivity contribution in [1.82, 2.24) is 5.32 Å². The van der Waals surface area contributed by atoms with Gasteiger partial charge in [-0.1, -0.05) is 61.5 Å². The van der Waals surface area contributed by atoms with E-state index in [1.165, 1.54) is 13.8 Å². The minimum Gasteiger partial charge on any atom is -0.480 e. The fourth-order valence-corrected chi connectivity index (χ4v) is 4.11. The van der Waals surface area contributed by atoms with Crippen molar-refractivity contribution in [3.05, 3.63) is 60.2 Å². The van der Waals surface area contributed by atoms with Crippen LogP contribution in [0.5, 0.6) is 0 Å². The number of carbonyl (C=O) groups is 2. The fraction of sp³-hybridized carbons (Fsp3) is 0.263. The molecule has 144 valence electrons. The van der Waals surface area contributed by atoms with Gasteiger partial charge in [-0.2, -0.15) is 0 Å². The Bertz CT molecular complexity index is 846. The van der Waals surface area contributed by atoms with Crippen LogP contribution in [0.3, 0.4) is 0 Å². The topological polar surface area (TPSA) is 124 Å². The first-order chi connectivity index (χ1) is 12.6. The van der Waals surface area contributed by atoms with Gasteiger partial charge in [0.1, 0.15) is 6.04 Å². The van der Waals surface area contributed by atoms with Crippen molar-refractivity contribution in [3.63, 3.8) is 0 Å². The lowest BCUT2D eigenvalue weighted by Gasteiger charge is -2.25. The molecule has 0 aliphatic heterocycles. The molecule has 0 spiro atoms. The van der Waals surface area contributed by atoms with Gasteiger partial charge in [0, 0.05) is 0 Å². The van der Waals surface area contributed by atoms with Gasteiger partial charge in [0.25, 0.3) is 0 Å². The van der Waals surface area contributed by atoms with Gasteiger partial charge < -0.3 is 20.2 Å². The smallest absolute Gasteiger partial charge is 0.333 e. The average Bonchev–Trinajstić information content (AvgIpc) is 2.61. The number of rotatable bonds is 7. The quantitative estimate of drug-likeness (QED) is 0.538. The number of carboxylic acids is 1. The summed E-state index contributed by atoms with van der Waals surface area (Å²) in [6.07, 6.45) is 0. The lowest BCUT2D eigenvalue weighted by molar-refractivity contribution is -0.141. The summed E-state index contributed by atoms with van der Waals surface area (Å²) in [6.45, 7) is 2.66. The molecule has 0 aliphatic carbocycles. The van der Waals surface area contributed by atoms with Crippen LogP contribution < -0.4 is 5.32 Å². The number of hydrogen-bond acceptors (Lipinski definition) is 3. The van der Waals surface area contributed by atoms with Gasteiger partial charge >= 0.3 is 13.6 Å². The predicted molar refractivity (Wildman–Crippen MR) is 101 cm³/mol. The summed E-state index contributed by atoms with van der Waals surface area (Å²) in [5.74, 6) is -3.07. The third kappa shape index (κ3) is 5.26. The van der Waals surface area contributed by atoms with Crippen molar-refractivity contribution in [2.45, 2.75) is 25.5 Å². The van der Waals surface area contributed by atoms with Crippen molar-refractivity contribution in [2.75, 3.05) is 0 Å². The number of carboxylic acid groups (broad SMARTS) is 1. The Morgan fingerprint density at radius 2 is 1.44 bits per heavy atom. The fourth-order valence-electron chi connectivity index (χ4n) is 2.83. The lowest BCUT2D eigenvalue weighted by Crippen LogP contribution is -2.42. The van der Waals surface area contributed by atoms with Gasteiger partial charge in [0.05, 0.1) is 11.6 Å². The molecule has 27 heavy (non-hydrogen) atoms. The van der Waals surface area contributed by atoms with Crippen molar-refractivity contribution in [2.24, 2.45) is 5.92 Å². The highest BCUT2D eigenvalue weighted by molar-refractivity contribution is 7.52. The van der Waals surface area contributed by atoms with E-state index in [-0.39, 0.29) is 0 Å². The van der Waals surface area contributed by atoms with E-state index in [9.17, 15) is 23.9 Å². The van der Waals surface area contributed by atoms with Crippen LogP contribution in [-0.4, -0.2) is 32.8 Å². The second kappa shape index (κ2) is 8.48. The van der Waals surface area contributed by atoms with Crippen LogP contribution in [0.25, 0.3) is 11.1 Å². The van der Waals surface area contributed by atoms with Crippen LogP contribution in [0.15, 0.2) is 54.6 Å². The Balaban J connectivity index is 2.30. The van der Waals surface area contributed by atoms with Crippen molar-refractivity contribution in [3.8, 4) is 11.1 Å².